The first-order chi connectivity index (χ1) is 11.8. The van der Waals surface area contributed by atoms with E-state index in [9.17, 15) is 4.39 Å². The highest BCUT2D eigenvalue weighted by molar-refractivity contribution is 7.15. The Morgan fingerprint density at radius 3 is 2.71 bits per heavy atom. The smallest absolute Gasteiger partial charge is 0.127 e. The Morgan fingerprint density at radius 1 is 1.08 bits per heavy atom. The van der Waals surface area contributed by atoms with Crippen LogP contribution in [-0.4, -0.2) is 11.6 Å². The van der Waals surface area contributed by atoms with E-state index < -0.39 is 0 Å². The minimum absolute atomic E-state index is 0.185. The van der Waals surface area contributed by atoms with E-state index >= 15 is 0 Å². The minimum atomic E-state index is -0.185. The highest BCUT2D eigenvalue weighted by Gasteiger charge is 2.09. The van der Waals surface area contributed by atoms with Crippen molar-refractivity contribution in [1.29, 1.82) is 0 Å². The van der Waals surface area contributed by atoms with Crippen LogP contribution < -0.4 is 10.1 Å². The zero-order chi connectivity index (χ0) is 16.8. The predicted molar refractivity (Wildman–Crippen MR) is 95.7 cm³/mol. The molecule has 0 aliphatic rings. The molecular formula is C19H19FN2OS. The monoisotopic (exact) mass is 342 g/mol. The third-order valence-electron chi connectivity index (χ3n) is 3.56. The van der Waals surface area contributed by atoms with Gasteiger partial charge in [-0.15, -0.1) is 11.3 Å². The van der Waals surface area contributed by atoms with E-state index in [4.69, 9.17) is 4.74 Å². The summed E-state index contributed by atoms with van der Waals surface area (Å²) < 4.78 is 19.3. The fourth-order valence-corrected chi connectivity index (χ4v) is 3.33. The molecule has 3 nitrogen and oxygen atoms in total. The normalized spacial score (nSPS) is 10.8. The van der Waals surface area contributed by atoms with Gasteiger partial charge in [-0.05, 0) is 25.1 Å². The van der Waals surface area contributed by atoms with Crippen molar-refractivity contribution in [3.05, 3.63) is 71.1 Å². The molecule has 24 heavy (non-hydrogen) atoms. The number of rotatable bonds is 7. The lowest BCUT2D eigenvalue weighted by atomic mass is 10.2. The molecule has 0 unspecified atom stereocenters. The fraction of sp³-hybridized carbons (Fsp3) is 0.211. The third-order valence-corrected chi connectivity index (χ3v) is 4.59. The van der Waals surface area contributed by atoms with Crippen LogP contribution in [0.15, 0.2) is 54.7 Å². The summed E-state index contributed by atoms with van der Waals surface area (Å²) in [5.74, 6) is 0.685. The van der Waals surface area contributed by atoms with Gasteiger partial charge >= 0.3 is 0 Å². The second-order valence-corrected chi connectivity index (χ2v) is 6.36. The molecule has 0 bridgehead atoms. The number of ether oxygens (including phenoxy) is 1. The summed E-state index contributed by atoms with van der Waals surface area (Å²) in [5, 5.41) is 4.21. The lowest BCUT2D eigenvalue weighted by Crippen LogP contribution is -2.13. The number of aromatic nitrogens is 1. The Balaban J connectivity index is 1.65. The molecule has 1 aromatic heterocycles. The molecule has 2 aromatic carbocycles. The quantitative estimate of drug-likeness (QED) is 0.679. The molecule has 0 fully saturated rings. The van der Waals surface area contributed by atoms with Gasteiger partial charge in [0.05, 0.1) is 11.5 Å². The van der Waals surface area contributed by atoms with Gasteiger partial charge in [-0.25, -0.2) is 9.37 Å². The number of halogens is 1. The van der Waals surface area contributed by atoms with Gasteiger partial charge in [0.1, 0.15) is 16.6 Å². The van der Waals surface area contributed by atoms with Crippen LogP contribution in [0.5, 0.6) is 5.75 Å². The Kier molecular flexibility index (Phi) is 5.56. The fourth-order valence-electron chi connectivity index (χ4n) is 2.41. The third kappa shape index (κ3) is 3.99. The van der Waals surface area contributed by atoms with Gasteiger partial charge in [0.15, 0.2) is 0 Å². The van der Waals surface area contributed by atoms with Crippen LogP contribution in [0.4, 0.5) is 4.39 Å². The number of nitrogens with zero attached hydrogens (tertiary/aromatic N) is 1. The largest absolute Gasteiger partial charge is 0.493 e. The summed E-state index contributed by atoms with van der Waals surface area (Å²) in [6.45, 7) is 3.70. The van der Waals surface area contributed by atoms with Crippen molar-refractivity contribution in [3.63, 3.8) is 0 Å². The zero-order valence-electron chi connectivity index (χ0n) is 13.5. The number of hydrogen-bond acceptors (Lipinski definition) is 4. The topological polar surface area (TPSA) is 34.1 Å². The molecular weight excluding hydrogens is 323 g/mol. The SMILES string of the molecule is CCOc1ccccc1-c1cnc(CNCc2ccccc2F)s1. The van der Waals surface area contributed by atoms with E-state index in [0.29, 0.717) is 25.3 Å². The van der Waals surface area contributed by atoms with Gasteiger partial charge in [0.25, 0.3) is 0 Å². The molecule has 0 spiro atoms. The molecule has 0 aliphatic carbocycles. The summed E-state index contributed by atoms with van der Waals surface area (Å²) in [4.78, 5) is 5.53. The van der Waals surface area contributed by atoms with E-state index in [1.54, 1.807) is 23.5 Å². The Morgan fingerprint density at radius 2 is 1.88 bits per heavy atom. The maximum Gasteiger partial charge on any atom is 0.127 e. The van der Waals surface area contributed by atoms with Crippen LogP contribution in [0.3, 0.4) is 0 Å². The van der Waals surface area contributed by atoms with Crippen LogP contribution >= 0.6 is 11.3 Å². The number of nitrogens with one attached hydrogen (secondary N) is 1. The van der Waals surface area contributed by atoms with Crippen molar-refractivity contribution in [2.24, 2.45) is 0 Å². The summed E-state index contributed by atoms with van der Waals surface area (Å²) in [6.07, 6.45) is 1.86. The highest BCUT2D eigenvalue weighted by atomic mass is 32.1. The molecule has 3 aromatic rings. The van der Waals surface area contributed by atoms with Crippen molar-refractivity contribution in [3.8, 4) is 16.2 Å². The lowest BCUT2D eigenvalue weighted by molar-refractivity contribution is 0.341. The average molecular weight is 342 g/mol. The maximum absolute atomic E-state index is 13.6. The van der Waals surface area contributed by atoms with Crippen molar-refractivity contribution in [1.82, 2.24) is 10.3 Å². The molecule has 0 saturated carbocycles. The Labute approximate surface area is 145 Å². The molecule has 1 heterocycles. The second-order valence-electron chi connectivity index (χ2n) is 5.24. The molecule has 1 N–H and O–H groups in total. The summed E-state index contributed by atoms with van der Waals surface area (Å²) >= 11 is 1.62. The summed E-state index contributed by atoms with van der Waals surface area (Å²) in [7, 11) is 0. The zero-order valence-corrected chi connectivity index (χ0v) is 14.3. The molecule has 0 atom stereocenters. The van der Waals surface area contributed by atoms with E-state index in [0.717, 1.165) is 21.2 Å². The average Bonchev–Trinajstić information content (AvgIpc) is 3.06. The Hall–Kier alpha value is -2.24. The molecule has 3 rings (SSSR count). The molecule has 124 valence electrons. The Bertz CT molecular complexity index is 803. The van der Waals surface area contributed by atoms with Crippen LogP contribution in [0.1, 0.15) is 17.5 Å². The van der Waals surface area contributed by atoms with Gasteiger partial charge < -0.3 is 10.1 Å². The first kappa shape index (κ1) is 16.6. The van der Waals surface area contributed by atoms with E-state index in [2.05, 4.69) is 10.3 Å². The molecule has 0 amide bonds. The number of thiazole rings is 1. The van der Waals surface area contributed by atoms with E-state index in [-0.39, 0.29) is 5.82 Å². The van der Waals surface area contributed by atoms with Crippen molar-refractivity contribution in [2.75, 3.05) is 6.61 Å². The second kappa shape index (κ2) is 8.04. The minimum Gasteiger partial charge on any atom is -0.493 e. The molecule has 0 aliphatic heterocycles. The predicted octanol–water partition coefficient (Wildman–Crippen LogP) is 4.64. The van der Waals surface area contributed by atoms with Crippen LogP contribution in [0, 0.1) is 5.82 Å². The lowest BCUT2D eigenvalue weighted by Gasteiger charge is -2.07. The summed E-state index contributed by atoms with van der Waals surface area (Å²) in [6, 6.07) is 14.8. The number of hydrogen-bond donors (Lipinski definition) is 1. The van der Waals surface area contributed by atoms with Crippen LogP contribution in [0.25, 0.3) is 10.4 Å². The summed E-state index contributed by atoms with van der Waals surface area (Å²) in [5.41, 5.74) is 1.72. The van der Waals surface area contributed by atoms with Crippen LogP contribution in [0.2, 0.25) is 0 Å². The van der Waals surface area contributed by atoms with Crippen molar-refractivity contribution >= 4 is 11.3 Å². The molecule has 0 radical (unpaired) electrons. The maximum atomic E-state index is 13.6. The standard InChI is InChI=1S/C19H19FN2OS/c1-2-23-17-10-6-4-8-15(17)18-12-22-19(24-18)13-21-11-14-7-3-5-9-16(14)20/h3-10,12,21H,2,11,13H2,1H3. The van der Waals surface area contributed by atoms with Gasteiger partial charge in [-0.1, -0.05) is 30.3 Å². The van der Waals surface area contributed by atoms with E-state index in [1.807, 2.05) is 43.5 Å². The number of benzene rings is 2. The van der Waals surface area contributed by atoms with E-state index in [1.165, 1.54) is 6.07 Å². The van der Waals surface area contributed by atoms with Crippen molar-refractivity contribution in [2.45, 2.75) is 20.0 Å². The first-order valence-electron chi connectivity index (χ1n) is 7.89. The first-order valence-corrected chi connectivity index (χ1v) is 8.70. The van der Waals surface area contributed by atoms with Gasteiger partial charge in [-0.3, -0.25) is 0 Å². The van der Waals surface area contributed by atoms with Gasteiger partial charge in [0, 0.05) is 30.4 Å². The van der Waals surface area contributed by atoms with Gasteiger partial charge in [-0.2, -0.15) is 0 Å². The highest BCUT2D eigenvalue weighted by Crippen LogP contribution is 2.33. The molecule has 5 heteroatoms. The van der Waals surface area contributed by atoms with Gasteiger partial charge in [0.2, 0.25) is 0 Å². The number of para-hydroxylation sites is 1. The molecule has 0 saturated heterocycles. The van der Waals surface area contributed by atoms with Crippen molar-refractivity contribution < 1.29 is 9.13 Å². The van der Waals surface area contributed by atoms with Crippen LogP contribution in [-0.2, 0) is 13.1 Å².